The Kier molecular flexibility index (Phi) is 3.75. The first-order valence-corrected chi connectivity index (χ1v) is 7.61. The van der Waals surface area contributed by atoms with Crippen LogP contribution in [-0.4, -0.2) is 5.78 Å². The van der Waals surface area contributed by atoms with E-state index in [1.54, 1.807) is 12.1 Å². The summed E-state index contributed by atoms with van der Waals surface area (Å²) in [6.07, 6.45) is 1.60. The molecular formula is C16H12BrFN2O2. The molecule has 1 heterocycles. The molecular weight excluding hydrogens is 351 g/mol. The fourth-order valence-corrected chi connectivity index (χ4v) is 3.24. The maximum atomic E-state index is 14.4. The van der Waals surface area contributed by atoms with Crippen molar-refractivity contribution in [2.24, 2.45) is 5.73 Å². The van der Waals surface area contributed by atoms with Crippen LogP contribution in [0.5, 0.6) is 0 Å². The number of ketones is 1. The van der Waals surface area contributed by atoms with Crippen LogP contribution in [0.1, 0.15) is 30.7 Å². The molecule has 6 heteroatoms. The van der Waals surface area contributed by atoms with Crippen LogP contribution in [0, 0.1) is 17.1 Å². The van der Waals surface area contributed by atoms with E-state index in [4.69, 9.17) is 10.5 Å². The topological polar surface area (TPSA) is 76.1 Å². The van der Waals surface area contributed by atoms with Crippen LogP contribution in [-0.2, 0) is 9.53 Å². The quantitative estimate of drug-likeness (QED) is 0.830. The zero-order chi connectivity index (χ0) is 15.9. The highest BCUT2D eigenvalue weighted by molar-refractivity contribution is 9.10. The average Bonchev–Trinajstić information content (AvgIpc) is 2.46. The van der Waals surface area contributed by atoms with Crippen LogP contribution in [0.2, 0.25) is 0 Å². The maximum absolute atomic E-state index is 14.4. The summed E-state index contributed by atoms with van der Waals surface area (Å²) in [4.78, 5) is 12.3. The van der Waals surface area contributed by atoms with E-state index in [1.165, 1.54) is 6.07 Å². The second-order valence-electron chi connectivity index (χ2n) is 5.20. The zero-order valence-electron chi connectivity index (χ0n) is 11.5. The Balaban J connectivity index is 2.22. The first-order chi connectivity index (χ1) is 10.5. The third-order valence-electron chi connectivity index (χ3n) is 3.88. The summed E-state index contributed by atoms with van der Waals surface area (Å²) in [5, 5.41) is 9.38. The van der Waals surface area contributed by atoms with Crippen molar-refractivity contribution in [3.63, 3.8) is 0 Å². The molecule has 1 aliphatic carbocycles. The second-order valence-corrected chi connectivity index (χ2v) is 6.12. The minimum Gasteiger partial charge on any atom is -0.444 e. The average molecular weight is 363 g/mol. The van der Waals surface area contributed by atoms with E-state index in [0.29, 0.717) is 35.1 Å². The van der Waals surface area contributed by atoms with Gasteiger partial charge >= 0.3 is 0 Å². The molecule has 0 spiro atoms. The summed E-state index contributed by atoms with van der Waals surface area (Å²) in [6.45, 7) is 0. The number of nitrogens with zero attached hydrogens (tertiary/aromatic N) is 1. The van der Waals surface area contributed by atoms with Crippen LogP contribution >= 0.6 is 15.9 Å². The Morgan fingerprint density at radius 3 is 2.86 bits per heavy atom. The molecule has 2 N–H and O–H groups in total. The van der Waals surface area contributed by atoms with Gasteiger partial charge in [-0.3, -0.25) is 4.79 Å². The normalized spacial score (nSPS) is 21.3. The predicted molar refractivity (Wildman–Crippen MR) is 80.6 cm³/mol. The lowest BCUT2D eigenvalue weighted by Gasteiger charge is -2.31. The van der Waals surface area contributed by atoms with Gasteiger partial charge in [-0.15, -0.1) is 0 Å². The highest BCUT2D eigenvalue weighted by Gasteiger charge is 2.39. The van der Waals surface area contributed by atoms with Crippen molar-refractivity contribution in [3.8, 4) is 6.07 Å². The van der Waals surface area contributed by atoms with Gasteiger partial charge in [0.15, 0.2) is 5.78 Å². The van der Waals surface area contributed by atoms with Gasteiger partial charge in [-0.1, -0.05) is 22.0 Å². The van der Waals surface area contributed by atoms with Crippen molar-refractivity contribution in [2.45, 2.75) is 25.2 Å². The van der Waals surface area contributed by atoms with E-state index < -0.39 is 11.7 Å². The summed E-state index contributed by atoms with van der Waals surface area (Å²) < 4.78 is 20.4. The third kappa shape index (κ3) is 2.32. The zero-order valence-corrected chi connectivity index (χ0v) is 13.1. The number of nitrogens with two attached hydrogens (primary N) is 1. The number of carbonyl (C=O) groups is 1. The van der Waals surface area contributed by atoms with Gasteiger partial charge < -0.3 is 10.5 Å². The molecule has 1 atom stereocenters. The van der Waals surface area contributed by atoms with E-state index in [-0.39, 0.29) is 22.8 Å². The molecule has 0 amide bonds. The van der Waals surface area contributed by atoms with Gasteiger partial charge in [-0.05, 0) is 18.6 Å². The first-order valence-electron chi connectivity index (χ1n) is 6.81. The minimum absolute atomic E-state index is 0.0525. The monoisotopic (exact) mass is 362 g/mol. The Hall–Kier alpha value is -2.13. The number of carbonyl (C=O) groups excluding carboxylic acids is 1. The number of benzene rings is 1. The molecule has 1 aromatic carbocycles. The number of Topliss-reactive ketones (excluding diaryl/α,β-unsaturated/α-hetero) is 1. The van der Waals surface area contributed by atoms with E-state index in [1.807, 2.05) is 6.07 Å². The molecule has 0 radical (unpaired) electrons. The smallest absolute Gasteiger partial charge is 0.205 e. The van der Waals surface area contributed by atoms with Gasteiger partial charge in [0.2, 0.25) is 5.88 Å². The summed E-state index contributed by atoms with van der Waals surface area (Å²) >= 11 is 3.20. The van der Waals surface area contributed by atoms with Gasteiger partial charge in [0.05, 0.1) is 5.92 Å². The number of hydrogen-bond donors (Lipinski definition) is 1. The lowest BCUT2D eigenvalue weighted by molar-refractivity contribution is -0.116. The molecule has 0 unspecified atom stereocenters. The third-order valence-corrected chi connectivity index (χ3v) is 4.37. The fourth-order valence-electron chi connectivity index (χ4n) is 2.90. The molecule has 0 bridgehead atoms. The molecule has 3 rings (SSSR count). The molecule has 4 nitrogen and oxygen atoms in total. The summed E-state index contributed by atoms with van der Waals surface area (Å²) in [6, 6.07) is 6.51. The standard InChI is InChI=1S/C16H12BrFN2O2/c17-8-4-5-9(11(18)6-8)14-10(7-19)16(20)22-13-3-1-2-12(21)15(13)14/h4-6,14H,1-3,20H2/t14-/m0/s1. The summed E-state index contributed by atoms with van der Waals surface area (Å²) in [7, 11) is 0. The van der Waals surface area contributed by atoms with Crippen molar-refractivity contribution < 1.29 is 13.9 Å². The minimum atomic E-state index is -0.797. The van der Waals surface area contributed by atoms with Crippen LogP contribution < -0.4 is 5.73 Å². The van der Waals surface area contributed by atoms with Gasteiger partial charge in [0.25, 0.3) is 0 Å². The first kappa shape index (κ1) is 14.8. The number of ether oxygens (including phenoxy) is 1. The van der Waals surface area contributed by atoms with Crippen molar-refractivity contribution in [1.82, 2.24) is 0 Å². The van der Waals surface area contributed by atoms with Crippen molar-refractivity contribution in [3.05, 3.63) is 56.8 Å². The van der Waals surface area contributed by atoms with Crippen LogP contribution in [0.4, 0.5) is 4.39 Å². The van der Waals surface area contributed by atoms with Gasteiger partial charge in [0.1, 0.15) is 23.2 Å². The summed E-state index contributed by atoms with van der Waals surface area (Å²) in [5.74, 6) is -1.00. The Morgan fingerprint density at radius 1 is 1.41 bits per heavy atom. The Labute approximate surface area is 135 Å². The largest absolute Gasteiger partial charge is 0.444 e. The molecule has 22 heavy (non-hydrogen) atoms. The van der Waals surface area contributed by atoms with E-state index in [9.17, 15) is 14.4 Å². The van der Waals surface area contributed by atoms with Gasteiger partial charge in [-0.2, -0.15) is 5.26 Å². The van der Waals surface area contributed by atoms with Crippen LogP contribution in [0.3, 0.4) is 0 Å². The Morgan fingerprint density at radius 2 is 2.18 bits per heavy atom. The second kappa shape index (κ2) is 5.58. The molecule has 112 valence electrons. The van der Waals surface area contributed by atoms with Crippen molar-refractivity contribution in [2.75, 3.05) is 0 Å². The molecule has 0 saturated carbocycles. The molecule has 0 fully saturated rings. The number of halogens is 2. The van der Waals surface area contributed by atoms with Gasteiger partial charge in [-0.25, -0.2) is 4.39 Å². The van der Waals surface area contributed by atoms with Gasteiger partial charge in [0, 0.05) is 28.5 Å². The number of hydrogen-bond acceptors (Lipinski definition) is 4. The highest BCUT2D eigenvalue weighted by atomic mass is 79.9. The number of rotatable bonds is 1. The number of allylic oxidation sites excluding steroid dienone is 3. The lowest BCUT2D eigenvalue weighted by Crippen LogP contribution is -2.27. The van der Waals surface area contributed by atoms with Crippen LogP contribution in [0.15, 0.2) is 45.5 Å². The van der Waals surface area contributed by atoms with E-state index in [0.717, 1.165) is 0 Å². The highest BCUT2D eigenvalue weighted by Crippen LogP contribution is 2.44. The van der Waals surface area contributed by atoms with E-state index in [2.05, 4.69) is 15.9 Å². The van der Waals surface area contributed by atoms with Crippen molar-refractivity contribution >= 4 is 21.7 Å². The maximum Gasteiger partial charge on any atom is 0.205 e. The SMILES string of the molecule is N#CC1=C(N)OC2=C(C(=O)CCC2)[C@H]1c1ccc(Br)cc1F. The Bertz CT molecular complexity index is 777. The predicted octanol–water partition coefficient (Wildman–Crippen LogP) is 3.40. The van der Waals surface area contributed by atoms with E-state index >= 15 is 0 Å². The molecule has 2 aliphatic rings. The molecule has 0 saturated heterocycles. The van der Waals surface area contributed by atoms with Crippen LogP contribution in [0.25, 0.3) is 0 Å². The molecule has 1 aliphatic heterocycles. The molecule has 1 aromatic rings. The fraction of sp³-hybridized carbons (Fsp3) is 0.250. The van der Waals surface area contributed by atoms with Crippen molar-refractivity contribution in [1.29, 1.82) is 5.26 Å². The lowest BCUT2D eigenvalue weighted by atomic mass is 9.77. The summed E-state index contributed by atoms with van der Waals surface area (Å²) in [5.41, 5.74) is 6.50. The molecule has 0 aromatic heterocycles. The number of nitriles is 1.